The summed E-state index contributed by atoms with van der Waals surface area (Å²) < 4.78 is 5.69. The number of hydrogen-bond acceptors (Lipinski definition) is 4. The van der Waals surface area contributed by atoms with E-state index in [0.717, 1.165) is 17.1 Å². The molecule has 0 aromatic carbocycles. The summed E-state index contributed by atoms with van der Waals surface area (Å²) in [6.07, 6.45) is 1.78. The fourth-order valence-corrected chi connectivity index (χ4v) is 1.82. The van der Waals surface area contributed by atoms with Gasteiger partial charge >= 0.3 is 0 Å². The third-order valence-corrected chi connectivity index (χ3v) is 2.73. The predicted molar refractivity (Wildman–Crippen MR) is 68.6 cm³/mol. The standard InChI is InChI=1S/C13H23N3O/c1-6-17-12(8(2)3)13-15-7-11(9(4)14)10(5)16-13/h7-9,12H,6,14H2,1-5H3. The highest BCUT2D eigenvalue weighted by atomic mass is 16.5. The summed E-state index contributed by atoms with van der Waals surface area (Å²) in [5, 5.41) is 0. The van der Waals surface area contributed by atoms with Gasteiger partial charge in [0, 0.05) is 30.1 Å². The molecule has 0 aliphatic heterocycles. The van der Waals surface area contributed by atoms with Gasteiger partial charge in [0.05, 0.1) is 0 Å². The molecular formula is C13H23N3O. The van der Waals surface area contributed by atoms with Gasteiger partial charge in [0.1, 0.15) is 6.10 Å². The molecule has 96 valence electrons. The lowest BCUT2D eigenvalue weighted by Crippen LogP contribution is -2.17. The average molecular weight is 237 g/mol. The van der Waals surface area contributed by atoms with Gasteiger partial charge in [0.15, 0.2) is 5.82 Å². The van der Waals surface area contributed by atoms with Crippen LogP contribution < -0.4 is 5.73 Å². The van der Waals surface area contributed by atoms with Crippen molar-refractivity contribution in [3.63, 3.8) is 0 Å². The molecule has 1 heterocycles. The second-order valence-electron chi connectivity index (χ2n) is 4.68. The summed E-state index contributed by atoms with van der Waals surface area (Å²) in [7, 11) is 0. The Morgan fingerprint density at radius 2 is 2.00 bits per heavy atom. The van der Waals surface area contributed by atoms with Crippen LogP contribution in [0.4, 0.5) is 0 Å². The quantitative estimate of drug-likeness (QED) is 0.855. The normalized spacial score (nSPS) is 15.0. The fourth-order valence-electron chi connectivity index (χ4n) is 1.82. The Hall–Kier alpha value is -1.00. The molecule has 0 fully saturated rings. The molecule has 1 aromatic heterocycles. The van der Waals surface area contributed by atoms with Crippen molar-refractivity contribution in [1.82, 2.24) is 9.97 Å². The molecule has 0 aliphatic carbocycles. The smallest absolute Gasteiger partial charge is 0.157 e. The maximum absolute atomic E-state index is 5.85. The second kappa shape index (κ2) is 6.07. The minimum atomic E-state index is -0.0409. The van der Waals surface area contributed by atoms with E-state index in [-0.39, 0.29) is 12.1 Å². The van der Waals surface area contributed by atoms with E-state index in [9.17, 15) is 0 Å². The molecule has 2 atom stereocenters. The lowest BCUT2D eigenvalue weighted by Gasteiger charge is -2.20. The molecule has 1 aromatic rings. The van der Waals surface area contributed by atoms with Crippen molar-refractivity contribution >= 4 is 0 Å². The molecule has 4 nitrogen and oxygen atoms in total. The second-order valence-corrected chi connectivity index (χ2v) is 4.68. The first-order valence-corrected chi connectivity index (χ1v) is 6.18. The van der Waals surface area contributed by atoms with Gasteiger partial charge in [-0.15, -0.1) is 0 Å². The molecule has 2 N–H and O–H groups in total. The fraction of sp³-hybridized carbons (Fsp3) is 0.692. The number of hydrogen-bond donors (Lipinski definition) is 1. The van der Waals surface area contributed by atoms with Crippen LogP contribution in [0.2, 0.25) is 0 Å². The maximum Gasteiger partial charge on any atom is 0.157 e. The first kappa shape index (κ1) is 14.1. The summed E-state index contributed by atoms with van der Waals surface area (Å²) >= 11 is 0. The Bertz CT molecular complexity index is 364. The Morgan fingerprint density at radius 1 is 1.35 bits per heavy atom. The van der Waals surface area contributed by atoms with Gasteiger partial charge in [0.2, 0.25) is 0 Å². The summed E-state index contributed by atoms with van der Waals surface area (Å²) in [6.45, 7) is 10.8. The summed E-state index contributed by atoms with van der Waals surface area (Å²) in [6, 6.07) is -0.0337. The van der Waals surface area contributed by atoms with E-state index in [1.54, 1.807) is 0 Å². The highest BCUT2D eigenvalue weighted by molar-refractivity contribution is 5.20. The van der Waals surface area contributed by atoms with E-state index in [1.165, 1.54) is 0 Å². The van der Waals surface area contributed by atoms with E-state index in [0.29, 0.717) is 12.5 Å². The van der Waals surface area contributed by atoms with Crippen LogP contribution in [0.5, 0.6) is 0 Å². The molecule has 17 heavy (non-hydrogen) atoms. The van der Waals surface area contributed by atoms with E-state index in [4.69, 9.17) is 10.5 Å². The number of ether oxygens (including phenoxy) is 1. The third kappa shape index (κ3) is 3.48. The average Bonchev–Trinajstić information content (AvgIpc) is 2.24. The van der Waals surface area contributed by atoms with Crippen molar-refractivity contribution in [3.05, 3.63) is 23.3 Å². The Labute approximate surface area is 104 Å². The lowest BCUT2D eigenvalue weighted by atomic mass is 10.1. The molecule has 4 heteroatoms. The Kier molecular flexibility index (Phi) is 5.02. The van der Waals surface area contributed by atoms with Gasteiger partial charge < -0.3 is 10.5 Å². The number of nitrogens with two attached hydrogens (primary N) is 1. The molecular weight excluding hydrogens is 214 g/mol. The third-order valence-electron chi connectivity index (χ3n) is 2.73. The van der Waals surface area contributed by atoms with Crippen molar-refractivity contribution in [2.45, 2.75) is 46.8 Å². The van der Waals surface area contributed by atoms with Gasteiger partial charge in [0.25, 0.3) is 0 Å². The SMILES string of the molecule is CCOC(c1ncc(C(C)N)c(C)n1)C(C)C. The van der Waals surface area contributed by atoms with Crippen LogP contribution in [0.15, 0.2) is 6.20 Å². The van der Waals surface area contributed by atoms with Gasteiger partial charge in [-0.3, -0.25) is 0 Å². The molecule has 0 saturated heterocycles. The van der Waals surface area contributed by atoms with Crippen molar-refractivity contribution in [2.24, 2.45) is 11.7 Å². The zero-order chi connectivity index (χ0) is 13.0. The monoisotopic (exact) mass is 237 g/mol. The highest BCUT2D eigenvalue weighted by Crippen LogP contribution is 2.24. The van der Waals surface area contributed by atoms with Gasteiger partial charge in [-0.2, -0.15) is 0 Å². The van der Waals surface area contributed by atoms with Gasteiger partial charge in [-0.1, -0.05) is 13.8 Å². The first-order valence-electron chi connectivity index (χ1n) is 6.18. The lowest BCUT2D eigenvalue weighted by molar-refractivity contribution is 0.0230. The number of aryl methyl sites for hydroxylation is 1. The van der Waals surface area contributed by atoms with Crippen LogP contribution in [0.25, 0.3) is 0 Å². The number of aromatic nitrogens is 2. The van der Waals surface area contributed by atoms with Crippen LogP contribution in [0.3, 0.4) is 0 Å². The van der Waals surface area contributed by atoms with Crippen molar-refractivity contribution in [2.75, 3.05) is 6.61 Å². The minimum Gasteiger partial charge on any atom is -0.370 e. The summed E-state index contributed by atoms with van der Waals surface area (Å²) in [5.41, 5.74) is 7.78. The van der Waals surface area contributed by atoms with Gasteiger partial charge in [-0.25, -0.2) is 9.97 Å². The molecule has 0 amide bonds. The molecule has 0 radical (unpaired) electrons. The van der Waals surface area contributed by atoms with E-state index < -0.39 is 0 Å². The van der Waals surface area contributed by atoms with Crippen molar-refractivity contribution < 1.29 is 4.74 Å². The van der Waals surface area contributed by atoms with Crippen LogP contribution in [0, 0.1) is 12.8 Å². The maximum atomic E-state index is 5.85. The van der Waals surface area contributed by atoms with E-state index in [2.05, 4.69) is 23.8 Å². The topological polar surface area (TPSA) is 61.0 Å². The van der Waals surface area contributed by atoms with Gasteiger partial charge in [-0.05, 0) is 26.7 Å². The minimum absolute atomic E-state index is 0.0337. The number of rotatable bonds is 5. The summed E-state index contributed by atoms with van der Waals surface area (Å²) in [4.78, 5) is 8.90. The zero-order valence-electron chi connectivity index (χ0n) is 11.4. The van der Waals surface area contributed by atoms with E-state index >= 15 is 0 Å². The number of nitrogens with zero attached hydrogens (tertiary/aromatic N) is 2. The van der Waals surface area contributed by atoms with Crippen LogP contribution in [0.1, 0.15) is 56.9 Å². The predicted octanol–water partition coefficient (Wildman–Crippen LogP) is 2.54. The molecule has 0 aliphatic rings. The molecule has 0 bridgehead atoms. The van der Waals surface area contributed by atoms with Crippen molar-refractivity contribution in [1.29, 1.82) is 0 Å². The van der Waals surface area contributed by atoms with Crippen LogP contribution >= 0.6 is 0 Å². The summed E-state index contributed by atoms with van der Waals surface area (Å²) in [5.74, 6) is 1.11. The highest BCUT2D eigenvalue weighted by Gasteiger charge is 2.20. The van der Waals surface area contributed by atoms with Crippen molar-refractivity contribution in [3.8, 4) is 0 Å². The van der Waals surface area contributed by atoms with Crippen LogP contribution in [-0.4, -0.2) is 16.6 Å². The molecule has 2 unspecified atom stereocenters. The molecule has 0 spiro atoms. The Morgan fingerprint density at radius 3 is 2.41 bits per heavy atom. The molecule has 1 rings (SSSR count). The first-order chi connectivity index (χ1) is 7.97. The molecule has 0 saturated carbocycles. The van der Waals surface area contributed by atoms with Crippen LogP contribution in [-0.2, 0) is 4.74 Å². The Balaban J connectivity index is 3.02. The van der Waals surface area contributed by atoms with E-state index in [1.807, 2.05) is 27.0 Å². The largest absolute Gasteiger partial charge is 0.370 e. The zero-order valence-corrected chi connectivity index (χ0v) is 11.4.